The molecule has 6 nitrogen and oxygen atoms in total. The molecule has 23 heavy (non-hydrogen) atoms. The Kier molecular flexibility index (Phi) is 5.58. The standard InChI is InChI=1S/C17H24N2O4/c1-10(2)8-14(17(22)23)19-16(21)12-9-11-6-4-3-5-7-13(11)18-15(12)20/h9-10,14H,3-8H2,1-2H3,(H,18,20)(H,19,21)(H,22,23)/t14-/m1/s1. The van der Waals surface area contributed by atoms with Crippen LogP contribution in [-0.2, 0) is 17.6 Å². The maximum absolute atomic E-state index is 12.3. The predicted octanol–water partition coefficient (Wildman–Crippen LogP) is 1.87. The van der Waals surface area contributed by atoms with E-state index < -0.39 is 23.5 Å². The third-order valence-electron chi connectivity index (χ3n) is 4.14. The van der Waals surface area contributed by atoms with E-state index >= 15 is 0 Å². The highest BCUT2D eigenvalue weighted by Gasteiger charge is 2.24. The lowest BCUT2D eigenvalue weighted by Crippen LogP contribution is -2.43. The van der Waals surface area contributed by atoms with Gasteiger partial charge < -0.3 is 15.4 Å². The molecule has 126 valence electrons. The molecule has 0 saturated heterocycles. The van der Waals surface area contributed by atoms with Gasteiger partial charge in [-0.15, -0.1) is 0 Å². The fraction of sp³-hybridized carbons (Fsp3) is 0.588. The van der Waals surface area contributed by atoms with Gasteiger partial charge >= 0.3 is 5.97 Å². The van der Waals surface area contributed by atoms with E-state index in [-0.39, 0.29) is 11.5 Å². The molecular formula is C17H24N2O4. The van der Waals surface area contributed by atoms with Gasteiger partial charge in [-0.1, -0.05) is 20.3 Å². The SMILES string of the molecule is CC(C)C[C@@H](NC(=O)c1cc2c([nH]c1=O)CCCCC2)C(=O)O. The van der Waals surface area contributed by atoms with Crippen LogP contribution in [0.25, 0.3) is 0 Å². The summed E-state index contributed by atoms with van der Waals surface area (Å²) in [5.41, 5.74) is 1.45. The molecule has 3 N–H and O–H groups in total. The number of pyridine rings is 1. The van der Waals surface area contributed by atoms with Crippen LogP contribution in [0.5, 0.6) is 0 Å². The summed E-state index contributed by atoms with van der Waals surface area (Å²) in [4.78, 5) is 38.6. The first kappa shape index (κ1) is 17.2. The van der Waals surface area contributed by atoms with E-state index in [0.717, 1.165) is 43.4 Å². The topological polar surface area (TPSA) is 99.3 Å². The van der Waals surface area contributed by atoms with Crippen LogP contribution in [0, 0.1) is 5.92 Å². The molecule has 0 saturated carbocycles. The summed E-state index contributed by atoms with van der Waals surface area (Å²) in [6.07, 6.45) is 5.14. The number of aromatic amines is 1. The van der Waals surface area contributed by atoms with Gasteiger partial charge in [-0.2, -0.15) is 0 Å². The predicted molar refractivity (Wildman–Crippen MR) is 86.7 cm³/mol. The van der Waals surface area contributed by atoms with E-state index in [4.69, 9.17) is 0 Å². The number of aromatic nitrogens is 1. The maximum Gasteiger partial charge on any atom is 0.326 e. The summed E-state index contributed by atoms with van der Waals surface area (Å²) < 4.78 is 0. The second kappa shape index (κ2) is 7.44. The van der Waals surface area contributed by atoms with E-state index in [1.54, 1.807) is 6.07 Å². The van der Waals surface area contributed by atoms with Crippen LogP contribution in [0.3, 0.4) is 0 Å². The first-order valence-electron chi connectivity index (χ1n) is 8.17. The van der Waals surface area contributed by atoms with E-state index in [2.05, 4.69) is 10.3 Å². The fourth-order valence-electron chi connectivity index (χ4n) is 2.95. The number of carboxylic acids is 1. The Bertz CT molecular complexity index is 648. The van der Waals surface area contributed by atoms with Crippen LogP contribution in [-0.4, -0.2) is 28.0 Å². The number of amides is 1. The molecule has 1 atom stereocenters. The minimum absolute atomic E-state index is 0.000608. The number of aliphatic carboxylic acids is 1. The van der Waals surface area contributed by atoms with Crippen LogP contribution in [0.1, 0.15) is 61.1 Å². The first-order valence-corrected chi connectivity index (χ1v) is 8.17. The van der Waals surface area contributed by atoms with Crippen molar-refractivity contribution in [3.63, 3.8) is 0 Å². The minimum atomic E-state index is -1.08. The number of H-pyrrole nitrogens is 1. The van der Waals surface area contributed by atoms with Crippen LogP contribution < -0.4 is 10.9 Å². The molecule has 1 heterocycles. The number of rotatable bonds is 5. The van der Waals surface area contributed by atoms with Crippen molar-refractivity contribution in [3.05, 3.63) is 33.2 Å². The lowest BCUT2D eigenvalue weighted by atomic mass is 10.0. The summed E-state index contributed by atoms with van der Waals surface area (Å²) in [5.74, 6) is -1.58. The molecule has 0 aromatic carbocycles. The van der Waals surface area contributed by atoms with Crippen molar-refractivity contribution < 1.29 is 14.7 Å². The third kappa shape index (κ3) is 4.43. The Morgan fingerprint density at radius 3 is 2.61 bits per heavy atom. The van der Waals surface area contributed by atoms with Crippen molar-refractivity contribution in [2.24, 2.45) is 5.92 Å². The van der Waals surface area contributed by atoms with Crippen molar-refractivity contribution >= 4 is 11.9 Å². The van der Waals surface area contributed by atoms with Gasteiger partial charge in [0.05, 0.1) is 0 Å². The maximum atomic E-state index is 12.3. The molecule has 1 aliphatic rings. The summed E-state index contributed by atoms with van der Waals surface area (Å²) >= 11 is 0. The summed E-state index contributed by atoms with van der Waals surface area (Å²) in [6, 6.07) is 0.643. The van der Waals surface area contributed by atoms with E-state index in [0.29, 0.717) is 6.42 Å². The Hall–Kier alpha value is -2.11. The number of carbonyl (C=O) groups excluding carboxylic acids is 1. The molecule has 0 aliphatic heterocycles. The molecule has 0 unspecified atom stereocenters. The molecule has 1 aliphatic carbocycles. The quantitative estimate of drug-likeness (QED) is 0.721. The normalized spacial score (nSPS) is 15.6. The molecule has 0 bridgehead atoms. The number of carbonyl (C=O) groups is 2. The Balaban J connectivity index is 2.23. The van der Waals surface area contributed by atoms with E-state index in [1.165, 1.54) is 0 Å². The molecule has 0 spiro atoms. The summed E-state index contributed by atoms with van der Waals surface area (Å²) in [7, 11) is 0. The van der Waals surface area contributed by atoms with Gasteiger partial charge in [0.15, 0.2) is 0 Å². The van der Waals surface area contributed by atoms with Crippen molar-refractivity contribution in [3.8, 4) is 0 Å². The van der Waals surface area contributed by atoms with Crippen molar-refractivity contribution in [2.75, 3.05) is 0 Å². The molecular weight excluding hydrogens is 296 g/mol. The van der Waals surface area contributed by atoms with Gasteiger partial charge in [0.2, 0.25) is 0 Å². The lowest BCUT2D eigenvalue weighted by Gasteiger charge is -2.16. The van der Waals surface area contributed by atoms with E-state index in [1.807, 2.05) is 13.8 Å². The zero-order chi connectivity index (χ0) is 17.0. The van der Waals surface area contributed by atoms with Crippen LogP contribution in [0.2, 0.25) is 0 Å². The summed E-state index contributed by atoms with van der Waals surface area (Å²) in [5, 5.41) is 11.7. The molecule has 1 aromatic rings. The van der Waals surface area contributed by atoms with Crippen molar-refractivity contribution in [2.45, 2.75) is 58.4 Å². The Morgan fingerprint density at radius 2 is 1.96 bits per heavy atom. The van der Waals surface area contributed by atoms with Gasteiger partial charge in [-0.3, -0.25) is 9.59 Å². The highest BCUT2D eigenvalue weighted by atomic mass is 16.4. The smallest absolute Gasteiger partial charge is 0.326 e. The molecule has 6 heteroatoms. The molecule has 1 amide bonds. The average Bonchev–Trinajstić information content (AvgIpc) is 2.69. The van der Waals surface area contributed by atoms with Gasteiger partial charge in [-0.25, -0.2) is 4.79 Å². The van der Waals surface area contributed by atoms with Gasteiger partial charge in [0, 0.05) is 5.69 Å². The van der Waals surface area contributed by atoms with Crippen molar-refractivity contribution in [1.29, 1.82) is 0 Å². The average molecular weight is 320 g/mol. The monoisotopic (exact) mass is 320 g/mol. The second-order valence-corrected chi connectivity index (χ2v) is 6.57. The molecule has 2 rings (SSSR count). The largest absolute Gasteiger partial charge is 0.480 e. The van der Waals surface area contributed by atoms with Gasteiger partial charge in [-0.05, 0) is 49.7 Å². The summed E-state index contributed by atoms with van der Waals surface area (Å²) in [6.45, 7) is 3.77. The molecule has 0 fully saturated rings. The van der Waals surface area contributed by atoms with Crippen LogP contribution in [0.4, 0.5) is 0 Å². The zero-order valence-corrected chi connectivity index (χ0v) is 13.6. The number of aryl methyl sites for hydroxylation is 2. The highest BCUT2D eigenvalue weighted by Crippen LogP contribution is 2.18. The van der Waals surface area contributed by atoms with E-state index in [9.17, 15) is 19.5 Å². The molecule has 1 aromatic heterocycles. The van der Waals surface area contributed by atoms with Crippen molar-refractivity contribution in [1.82, 2.24) is 10.3 Å². The van der Waals surface area contributed by atoms with Gasteiger partial charge in [0.25, 0.3) is 11.5 Å². The minimum Gasteiger partial charge on any atom is -0.480 e. The number of nitrogens with one attached hydrogen (secondary N) is 2. The number of hydrogen-bond acceptors (Lipinski definition) is 3. The first-order chi connectivity index (χ1) is 10.9. The Morgan fingerprint density at radius 1 is 1.26 bits per heavy atom. The second-order valence-electron chi connectivity index (χ2n) is 6.57. The van der Waals surface area contributed by atoms with Gasteiger partial charge in [0.1, 0.15) is 11.6 Å². The zero-order valence-electron chi connectivity index (χ0n) is 13.6. The number of carboxylic acid groups (broad SMARTS) is 1. The highest BCUT2D eigenvalue weighted by molar-refractivity contribution is 5.96. The van der Waals surface area contributed by atoms with Crippen LogP contribution >= 0.6 is 0 Å². The number of hydrogen-bond donors (Lipinski definition) is 3. The fourth-order valence-corrected chi connectivity index (χ4v) is 2.95. The lowest BCUT2D eigenvalue weighted by molar-refractivity contribution is -0.139. The Labute approximate surface area is 135 Å². The van der Waals surface area contributed by atoms with Crippen LogP contribution in [0.15, 0.2) is 10.9 Å². The number of fused-ring (bicyclic) bond motifs is 1. The third-order valence-corrected chi connectivity index (χ3v) is 4.14. The molecule has 0 radical (unpaired) electrons.